The molecule has 0 spiro atoms. The van der Waals surface area contributed by atoms with Crippen molar-refractivity contribution in [1.29, 1.82) is 0 Å². The molecule has 1 fully saturated rings. The van der Waals surface area contributed by atoms with Gasteiger partial charge in [0.25, 0.3) is 0 Å². The third kappa shape index (κ3) is 3.85. The summed E-state index contributed by atoms with van der Waals surface area (Å²) in [6, 6.07) is 3.62. The van der Waals surface area contributed by atoms with Gasteiger partial charge in [-0.1, -0.05) is 10.3 Å². The van der Waals surface area contributed by atoms with Crippen molar-refractivity contribution in [3.63, 3.8) is 0 Å². The Morgan fingerprint density at radius 3 is 2.89 bits per heavy atom. The van der Waals surface area contributed by atoms with Crippen molar-refractivity contribution in [2.45, 2.75) is 26.3 Å². The van der Waals surface area contributed by atoms with Crippen molar-refractivity contribution < 1.29 is 14.3 Å². The average Bonchev–Trinajstić information content (AvgIpc) is 3.00. The molecule has 1 aliphatic rings. The van der Waals surface area contributed by atoms with Crippen LogP contribution < -0.4 is 4.74 Å². The molecular formula is C17H21N7O3. The van der Waals surface area contributed by atoms with Crippen molar-refractivity contribution in [2.75, 3.05) is 13.7 Å². The lowest BCUT2D eigenvalue weighted by molar-refractivity contribution is -0.152. The molecular weight excluding hydrogens is 350 g/mol. The van der Waals surface area contributed by atoms with Gasteiger partial charge >= 0.3 is 5.97 Å². The largest absolute Gasteiger partial charge is 0.491 e. The molecule has 27 heavy (non-hydrogen) atoms. The van der Waals surface area contributed by atoms with Crippen LogP contribution in [0, 0.1) is 18.8 Å². The van der Waals surface area contributed by atoms with Crippen molar-refractivity contribution in [1.82, 2.24) is 20.0 Å². The van der Waals surface area contributed by atoms with Gasteiger partial charge in [0, 0.05) is 17.9 Å². The number of pyridine rings is 1. The first kappa shape index (κ1) is 18.7. The van der Waals surface area contributed by atoms with E-state index in [1.807, 2.05) is 13.0 Å². The molecule has 1 saturated carbocycles. The van der Waals surface area contributed by atoms with Gasteiger partial charge in [-0.3, -0.25) is 9.48 Å². The van der Waals surface area contributed by atoms with Crippen LogP contribution in [-0.4, -0.2) is 39.7 Å². The second-order valence-electron chi connectivity index (χ2n) is 6.46. The van der Waals surface area contributed by atoms with Crippen LogP contribution >= 0.6 is 0 Å². The number of methoxy groups -OCH3 is 1. The summed E-state index contributed by atoms with van der Waals surface area (Å²) in [5, 5.41) is 11.7. The van der Waals surface area contributed by atoms with Crippen molar-refractivity contribution >= 4 is 5.97 Å². The maximum atomic E-state index is 11.7. The van der Waals surface area contributed by atoms with E-state index in [1.54, 1.807) is 17.8 Å². The minimum atomic E-state index is -0.171. The second-order valence-corrected chi connectivity index (χ2v) is 6.46. The highest BCUT2D eigenvalue weighted by atomic mass is 16.5. The molecule has 0 radical (unpaired) electrons. The fourth-order valence-corrected chi connectivity index (χ4v) is 3.11. The van der Waals surface area contributed by atoms with Crippen LogP contribution in [0.15, 0.2) is 17.2 Å². The molecule has 0 unspecified atom stereocenters. The Kier molecular flexibility index (Phi) is 5.56. The lowest BCUT2D eigenvalue weighted by atomic mass is 9.74. The highest BCUT2D eigenvalue weighted by molar-refractivity contribution is 5.73. The lowest BCUT2D eigenvalue weighted by Gasteiger charge is -2.34. The summed E-state index contributed by atoms with van der Waals surface area (Å²) >= 11 is 0. The molecule has 10 nitrogen and oxygen atoms in total. The summed E-state index contributed by atoms with van der Waals surface area (Å²) < 4.78 is 12.3. The predicted octanol–water partition coefficient (Wildman–Crippen LogP) is 2.57. The summed E-state index contributed by atoms with van der Waals surface area (Å²) in [5.41, 5.74) is 11.1. The number of carbonyl (C=O) groups excluding carboxylic acids is 1. The minimum Gasteiger partial charge on any atom is -0.491 e. The highest BCUT2D eigenvalue weighted by Crippen LogP contribution is 2.36. The molecule has 2 aromatic rings. The number of hydrogen-bond donors (Lipinski definition) is 0. The standard InChI is InChI=1S/C17H21N7O3/c1-10-15(27-9-11-4-5-12(11)17(25)26-3)7-6-13(20-10)16-14(8-19-22-18)24(2)23-21-16/h6-7,11-12H,4-5,8-9H2,1-3H3/t11-,12+/m0/s1. The summed E-state index contributed by atoms with van der Waals surface area (Å²) in [5.74, 6) is 0.586. The zero-order valence-electron chi connectivity index (χ0n) is 15.5. The summed E-state index contributed by atoms with van der Waals surface area (Å²) in [6.07, 6.45) is 1.80. The molecule has 142 valence electrons. The molecule has 0 N–H and O–H groups in total. The second kappa shape index (κ2) is 8.05. The Hall–Kier alpha value is -3.13. The van der Waals surface area contributed by atoms with Gasteiger partial charge in [-0.2, -0.15) is 0 Å². The van der Waals surface area contributed by atoms with Crippen LogP contribution in [0.4, 0.5) is 0 Å². The van der Waals surface area contributed by atoms with Crippen LogP contribution in [0.2, 0.25) is 0 Å². The van der Waals surface area contributed by atoms with Gasteiger partial charge in [0.1, 0.15) is 11.4 Å². The van der Waals surface area contributed by atoms with Gasteiger partial charge < -0.3 is 9.47 Å². The van der Waals surface area contributed by atoms with Gasteiger partial charge in [0.05, 0.1) is 43.3 Å². The van der Waals surface area contributed by atoms with Crippen LogP contribution in [0.5, 0.6) is 5.75 Å². The van der Waals surface area contributed by atoms with E-state index in [0.29, 0.717) is 35.1 Å². The number of carbonyl (C=O) groups is 1. The molecule has 2 aromatic heterocycles. The van der Waals surface area contributed by atoms with E-state index in [0.717, 1.165) is 12.8 Å². The molecule has 0 amide bonds. The van der Waals surface area contributed by atoms with E-state index in [-0.39, 0.29) is 24.3 Å². The molecule has 0 aliphatic heterocycles. The predicted molar refractivity (Wildman–Crippen MR) is 95.5 cm³/mol. The molecule has 10 heteroatoms. The number of ether oxygens (including phenoxy) is 2. The first-order valence-corrected chi connectivity index (χ1v) is 8.63. The average molecular weight is 371 g/mol. The summed E-state index contributed by atoms with van der Waals surface area (Å²) in [4.78, 5) is 19.0. The molecule has 0 saturated heterocycles. The smallest absolute Gasteiger partial charge is 0.309 e. The molecule has 2 atom stereocenters. The third-order valence-electron chi connectivity index (χ3n) is 4.88. The van der Waals surface area contributed by atoms with Crippen LogP contribution in [0.1, 0.15) is 24.2 Å². The zero-order valence-corrected chi connectivity index (χ0v) is 15.5. The Labute approximate surface area is 156 Å². The summed E-state index contributed by atoms with van der Waals surface area (Å²) in [7, 11) is 3.15. The topological polar surface area (TPSA) is 128 Å². The monoisotopic (exact) mass is 371 g/mol. The Balaban J connectivity index is 1.71. The SMILES string of the molecule is COC(=O)[C@@H]1CC[C@H]1COc1ccc(-c2nnn(C)c2CN=[N+]=[N-])nc1C. The number of aromatic nitrogens is 4. The summed E-state index contributed by atoms with van der Waals surface area (Å²) in [6.45, 7) is 2.45. The molecule has 0 aromatic carbocycles. The molecule has 1 aliphatic carbocycles. The van der Waals surface area contributed by atoms with Crippen LogP contribution in [0.25, 0.3) is 21.8 Å². The van der Waals surface area contributed by atoms with E-state index >= 15 is 0 Å². The van der Waals surface area contributed by atoms with Gasteiger partial charge in [0.2, 0.25) is 0 Å². The first-order chi connectivity index (χ1) is 13.0. The number of esters is 1. The van der Waals surface area contributed by atoms with E-state index in [1.165, 1.54) is 7.11 Å². The Morgan fingerprint density at radius 2 is 2.26 bits per heavy atom. The van der Waals surface area contributed by atoms with E-state index in [2.05, 4.69) is 25.3 Å². The van der Waals surface area contributed by atoms with Crippen molar-refractivity contribution in [2.24, 2.45) is 24.0 Å². The van der Waals surface area contributed by atoms with Crippen molar-refractivity contribution in [3.05, 3.63) is 34.0 Å². The third-order valence-corrected chi connectivity index (χ3v) is 4.88. The fourth-order valence-electron chi connectivity index (χ4n) is 3.11. The van der Waals surface area contributed by atoms with Gasteiger partial charge in [-0.25, -0.2) is 4.98 Å². The number of nitrogens with zero attached hydrogens (tertiary/aromatic N) is 7. The molecule has 2 heterocycles. The number of aryl methyl sites for hydroxylation is 2. The van der Waals surface area contributed by atoms with Crippen LogP contribution in [-0.2, 0) is 23.1 Å². The van der Waals surface area contributed by atoms with E-state index in [4.69, 9.17) is 15.0 Å². The number of hydrogen-bond acceptors (Lipinski definition) is 7. The molecule has 0 bridgehead atoms. The Morgan fingerprint density at radius 1 is 1.44 bits per heavy atom. The molecule has 3 rings (SSSR count). The maximum Gasteiger partial charge on any atom is 0.309 e. The number of rotatable bonds is 7. The van der Waals surface area contributed by atoms with Crippen molar-refractivity contribution in [3.8, 4) is 17.1 Å². The zero-order chi connectivity index (χ0) is 19.4. The quantitative estimate of drug-likeness (QED) is 0.318. The van der Waals surface area contributed by atoms with E-state index in [9.17, 15) is 4.79 Å². The normalized spacial score (nSPS) is 18.3. The fraction of sp³-hybridized carbons (Fsp3) is 0.529. The van der Waals surface area contributed by atoms with Gasteiger partial charge in [0.15, 0.2) is 0 Å². The highest BCUT2D eigenvalue weighted by Gasteiger charge is 2.37. The lowest BCUT2D eigenvalue weighted by Crippen LogP contribution is -2.37. The maximum absolute atomic E-state index is 11.7. The Bertz CT molecular complexity index is 889. The number of azide groups is 1. The minimum absolute atomic E-state index is 0.0784. The first-order valence-electron chi connectivity index (χ1n) is 8.63. The van der Waals surface area contributed by atoms with Gasteiger partial charge in [-0.05, 0) is 37.4 Å². The van der Waals surface area contributed by atoms with Gasteiger partial charge in [-0.15, -0.1) is 5.10 Å². The van der Waals surface area contributed by atoms with Crippen LogP contribution in [0.3, 0.4) is 0 Å². The van der Waals surface area contributed by atoms with E-state index < -0.39 is 0 Å².